The van der Waals surface area contributed by atoms with Gasteiger partial charge in [-0.05, 0) is 125 Å². The minimum Gasteiger partial charge on any atom is -0.0622 e. The summed E-state index contributed by atoms with van der Waals surface area (Å²) in [4.78, 5) is 0. The van der Waals surface area contributed by atoms with E-state index in [-0.39, 0.29) is 0 Å². The van der Waals surface area contributed by atoms with Crippen LogP contribution >= 0.6 is 0 Å². The minimum atomic E-state index is 1.22. The van der Waals surface area contributed by atoms with Gasteiger partial charge in [-0.3, -0.25) is 0 Å². The van der Waals surface area contributed by atoms with Crippen molar-refractivity contribution in [3.8, 4) is 55.6 Å². The predicted octanol–water partition coefficient (Wildman–Crippen LogP) is 14.1. The predicted molar refractivity (Wildman–Crippen MR) is 216 cm³/mol. The van der Waals surface area contributed by atoms with Crippen LogP contribution in [0.25, 0.3) is 88.0 Å². The molecule has 0 radical (unpaired) electrons. The molecule has 0 amide bonds. The van der Waals surface area contributed by atoms with Crippen molar-refractivity contribution < 1.29 is 0 Å². The zero-order valence-electron chi connectivity index (χ0n) is 28.3. The monoisotopic (exact) mass is 636 g/mol. The number of fused-ring (bicyclic) bond motifs is 3. The minimum absolute atomic E-state index is 1.22. The molecule has 0 heterocycles. The van der Waals surface area contributed by atoms with E-state index in [1.165, 1.54) is 99.1 Å². The second kappa shape index (κ2) is 12.3. The maximum atomic E-state index is 2.38. The second-order valence-corrected chi connectivity index (χ2v) is 13.3. The number of benzene rings is 9. The Hall–Kier alpha value is -6.24. The fraction of sp³-hybridized carbons (Fsp3) is 0.0400. The molecule has 0 atom stereocenters. The molecule has 9 aromatic rings. The van der Waals surface area contributed by atoms with Gasteiger partial charge in [-0.25, -0.2) is 0 Å². The summed E-state index contributed by atoms with van der Waals surface area (Å²) in [6.07, 6.45) is 0. The second-order valence-electron chi connectivity index (χ2n) is 13.3. The summed E-state index contributed by atoms with van der Waals surface area (Å²) >= 11 is 0. The molecular formula is C50H36. The highest BCUT2D eigenvalue weighted by Gasteiger charge is 2.19. The first-order valence-electron chi connectivity index (χ1n) is 17.4. The highest BCUT2D eigenvalue weighted by atomic mass is 14.2. The van der Waals surface area contributed by atoms with Crippen LogP contribution in [0.5, 0.6) is 0 Å². The Balaban J connectivity index is 1.24. The van der Waals surface area contributed by atoms with Gasteiger partial charge in [0.25, 0.3) is 0 Å². The molecule has 0 nitrogen and oxygen atoms in total. The zero-order chi connectivity index (χ0) is 33.6. The maximum Gasteiger partial charge on any atom is -0.00201 e. The van der Waals surface area contributed by atoms with Crippen molar-refractivity contribution in [1.82, 2.24) is 0 Å². The van der Waals surface area contributed by atoms with E-state index in [2.05, 4.69) is 196 Å². The van der Waals surface area contributed by atoms with Crippen LogP contribution in [0.4, 0.5) is 0 Å². The molecule has 0 aliphatic carbocycles. The normalized spacial score (nSPS) is 11.4. The smallest absolute Gasteiger partial charge is 0.00201 e. The van der Waals surface area contributed by atoms with Crippen molar-refractivity contribution in [2.45, 2.75) is 13.8 Å². The van der Waals surface area contributed by atoms with Crippen LogP contribution in [0.15, 0.2) is 182 Å². The molecule has 0 aliphatic rings. The van der Waals surface area contributed by atoms with Crippen LogP contribution in [-0.2, 0) is 0 Å². The van der Waals surface area contributed by atoms with Gasteiger partial charge in [0.05, 0.1) is 0 Å². The van der Waals surface area contributed by atoms with E-state index < -0.39 is 0 Å². The average molecular weight is 637 g/mol. The summed E-state index contributed by atoms with van der Waals surface area (Å²) in [5.74, 6) is 0. The fourth-order valence-corrected chi connectivity index (χ4v) is 7.96. The number of aryl methyl sites for hydroxylation is 2. The van der Waals surface area contributed by atoms with E-state index >= 15 is 0 Å². The molecule has 0 spiro atoms. The molecule has 0 heteroatoms. The molecular weight excluding hydrogens is 601 g/mol. The molecule has 9 aromatic carbocycles. The maximum absolute atomic E-state index is 2.38. The first-order valence-corrected chi connectivity index (χ1v) is 17.4. The molecule has 0 N–H and O–H groups in total. The van der Waals surface area contributed by atoms with Crippen LogP contribution in [0.3, 0.4) is 0 Å². The lowest BCUT2D eigenvalue weighted by molar-refractivity contribution is 1.43. The Morgan fingerprint density at radius 2 is 0.820 bits per heavy atom. The van der Waals surface area contributed by atoms with Crippen molar-refractivity contribution in [1.29, 1.82) is 0 Å². The van der Waals surface area contributed by atoms with Crippen LogP contribution in [0, 0.1) is 13.8 Å². The molecule has 50 heavy (non-hydrogen) atoms. The van der Waals surface area contributed by atoms with Crippen LogP contribution in [-0.4, -0.2) is 0 Å². The van der Waals surface area contributed by atoms with E-state index in [1.807, 2.05) is 0 Å². The lowest BCUT2D eigenvalue weighted by Gasteiger charge is -2.20. The molecule has 0 unspecified atom stereocenters. The highest BCUT2D eigenvalue weighted by molar-refractivity contribution is 6.22. The highest BCUT2D eigenvalue weighted by Crippen LogP contribution is 2.46. The summed E-state index contributed by atoms with van der Waals surface area (Å²) in [7, 11) is 0. The van der Waals surface area contributed by atoms with E-state index in [0.29, 0.717) is 0 Å². The van der Waals surface area contributed by atoms with Crippen LogP contribution in [0.1, 0.15) is 11.1 Å². The molecule has 0 saturated carbocycles. The first-order chi connectivity index (χ1) is 24.7. The topological polar surface area (TPSA) is 0 Å². The Morgan fingerprint density at radius 3 is 1.54 bits per heavy atom. The lowest BCUT2D eigenvalue weighted by Crippen LogP contribution is -1.93. The van der Waals surface area contributed by atoms with Gasteiger partial charge in [0.15, 0.2) is 0 Å². The Kier molecular flexibility index (Phi) is 7.37. The first kappa shape index (κ1) is 29.9. The summed E-state index contributed by atoms with van der Waals surface area (Å²) in [5, 5.41) is 7.64. The number of rotatable bonds is 5. The summed E-state index contributed by atoms with van der Waals surface area (Å²) in [5.41, 5.74) is 15.1. The zero-order valence-corrected chi connectivity index (χ0v) is 28.3. The molecule has 0 aliphatic heterocycles. The van der Waals surface area contributed by atoms with Crippen molar-refractivity contribution >= 4 is 32.3 Å². The van der Waals surface area contributed by atoms with Gasteiger partial charge in [0.1, 0.15) is 0 Å². The third-order valence-corrected chi connectivity index (χ3v) is 10.4. The molecule has 9 rings (SSSR count). The van der Waals surface area contributed by atoms with Crippen LogP contribution < -0.4 is 0 Å². The molecule has 236 valence electrons. The van der Waals surface area contributed by atoms with E-state index in [9.17, 15) is 0 Å². The van der Waals surface area contributed by atoms with Crippen molar-refractivity contribution in [2.24, 2.45) is 0 Å². The van der Waals surface area contributed by atoms with Gasteiger partial charge in [0.2, 0.25) is 0 Å². The number of hydrogen-bond donors (Lipinski definition) is 0. The SMILES string of the molecule is Cc1ccc(-c2cccc(-c3c4ccccc4c(-c4ccccc4-c4ccccc4)c4ccccc34)c2)cc1-c1ccc2ccccc2c1C. The molecule has 0 bridgehead atoms. The summed E-state index contributed by atoms with van der Waals surface area (Å²) in [6.45, 7) is 4.47. The Morgan fingerprint density at radius 1 is 0.280 bits per heavy atom. The molecule has 0 saturated heterocycles. The van der Waals surface area contributed by atoms with E-state index in [1.54, 1.807) is 0 Å². The third kappa shape index (κ3) is 5.00. The summed E-state index contributed by atoms with van der Waals surface area (Å²) in [6, 6.07) is 66.8. The van der Waals surface area contributed by atoms with Gasteiger partial charge in [-0.2, -0.15) is 0 Å². The molecule has 0 fully saturated rings. The van der Waals surface area contributed by atoms with E-state index in [4.69, 9.17) is 0 Å². The average Bonchev–Trinajstić information content (AvgIpc) is 3.18. The lowest BCUT2D eigenvalue weighted by atomic mass is 9.83. The quantitative estimate of drug-likeness (QED) is 0.165. The standard InChI is InChI=1S/C50H36/c1-33-27-28-38(32-48(33)41-30-29-36-17-6-7-20-40(36)34(41)2)37-18-14-19-39(31-37)49-44-23-10-12-25-46(44)50(47-26-13-11-24-45(47)49)43-22-9-8-21-42(43)35-15-4-3-5-16-35/h3-32H,1-2H3. The largest absolute Gasteiger partial charge is 0.0622 e. The van der Waals surface area contributed by atoms with Crippen molar-refractivity contribution in [2.75, 3.05) is 0 Å². The van der Waals surface area contributed by atoms with E-state index in [0.717, 1.165) is 0 Å². The third-order valence-electron chi connectivity index (χ3n) is 10.4. The fourth-order valence-electron chi connectivity index (χ4n) is 7.96. The Bertz CT molecular complexity index is 2660. The van der Waals surface area contributed by atoms with Gasteiger partial charge in [-0.15, -0.1) is 0 Å². The van der Waals surface area contributed by atoms with Gasteiger partial charge in [0, 0.05) is 0 Å². The van der Waals surface area contributed by atoms with Crippen LogP contribution in [0.2, 0.25) is 0 Å². The van der Waals surface area contributed by atoms with Gasteiger partial charge >= 0.3 is 0 Å². The van der Waals surface area contributed by atoms with Crippen molar-refractivity contribution in [3.63, 3.8) is 0 Å². The van der Waals surface area contributed by atoms with Crippen molar-refractivity contribution in [3.05, 3.63) is 193 Å². The Labute approximate surface area is 293 Å². The number of hydrogen-bond acceptors (Lipinski definition) is 0. The van der Waals surface area contributed by atoms with Gasteiger partial charge < -0.3 is 0 Å². The summed E-state index contributed by atoms with van der Waals surface area (Å²) < 4.78 is 0. The van der Waals surface area contributed by atoms with Gasteiger partial charge in [-0.1, -0.05) is 170 Å². The molecule has 0 aromatic heterocycles.